The first-order chi connectivity index (χ1) is 9.54. The van der Waals surface area contributed by atoms with Crippen molar-refractivity contribution < 1.29 is 9.90 Å². The molecule has 1 N–H and O–H groups in total. The Hall–Kier alpha value is -0.790. The molecule has 4 nitrogen and oxygen atoms in total. The highest BCUT2D eigenvalue weighted by Crippen LogP contribution is 2.33. The Morgan fingerprint density at radius 1 is 1.40 bits per heavy atom. The first-order valence-electron chi connectivity index (χ1n) is 5.90. The molecule has 0 amide bonds. The lowest BCUT2D eigenvalue weighted by Crippen LogP contribution is -2.05. The first-order valence-corrected chi connectivity index (χ1v) is 8.47. The highest BCUT2D eigenvalue weighted by Gasteiger charge is 2.16. The number of halogens is 2. The Labute approximate surface area is 137 Å². The predicted octanol–water partition coefficient (Wildman–Crippen LogP) is 4.14. The Morgan fingerprint density at radius 3 is 2.60 bits per heavy atom. The van der Waals surface area contributed by atoms with Crippen molar-refractivity contribution in [3.8, 4) is 5.69 Å². The maximum Gasteiger partial charge on any atom is 0.313 e. The van der Waals surface area contributed by atoms with E-state index in [1.54, 1.807) is 6.20 Å². The molecule has 0 bridgehead atoms. The zero-order valence-corrected chi connectivity index (χ0v) is 14.6. The van der Waals surface area contributed by atoms with Crippen LogP contribution in [0.1, 0.15) is 12.6 Å². The SMILES string of the molecule is CCc1cnc(SCC(=O)O)n1-c1c(Br)cccc1Br. The number of aromatic nitrogens is 2. The van der Waals surface area contributed by atoms with Gasteiger partial charge in [-0.3, -0.25) is 9.36 Å². The Kier molecular flexibility index (Phi) is 5.29. The average molecular weight is 420 g/mol. The molecule has 0 aliphatic carbocycles. The molecule has 2 aromatic rings. The lowest BCUT2D eigenvalue weighted by atomic mass is 10.3. The smallest absolute Gasteiger partial charge is 0.313 e. The van der Waals surface area contributed by atoms with Crippen LogP contribution >= 0.6 is 43.6 Å². The van der Waals surface area contributed by atoms with Gasteiger partial charge in [-0.05, 0) is 50.4 Å². The van der Waals surface area contributed by atoms with E-state index in [1.807, 2.05) is 29.7 Å². The van der Waals surface area contributed by atoms with Gasteiger partial charge < -0.3 is 5.11 Å². The largest absolute Gasteiger partial charge is 0.481 e. The number of thioether (sulfide) groups is 1. The minimum Gasteiger partial charge on any atom is -0.481 e. The normalized spacial score (nSPS) is 10.8. The number of hydrogen-bond donors (Lipinski definition) is 1. The molecule has 0 unspecified atom stereocenters. The lowest BCUT2D eigenvalue weighted by molar-refractivity contribution is -0.133. The van der Waals surface area contributed by atoms with Gasteiger partial charge in [0.25, 0.3) is 0 Å². The van der Waals surface area contributed by atoms with Crippen LogP contribution in [-0.4, -0.2) is 26.4 Å². The van der Waals surface area contributed by atoms with Gasteiger partial charge >= 0.3 is 5.97 Å². The number of carboxylic acids is 1. The molecule has 1 aromatic heterocycles. The summed E-state index contributed by atoms with van der Waals surface area (Å²) in [5.74, 6) is -0.865. The summed E-state index contributed by atoms with van der Waals surface area (Å²) in [6.07, 6.45) is 2.60. The molecule has 1 heterocycles. The maximum absolute atomic E-state index is 10.8. The number of aryl methyl sites for hydroxylation is 1. The van der Waals surface area contributed by atoms with Crippen molar-refractivity contribution in [2.24, 2.45) is 0 Å². The number of carbonyl (C=O) groups is 1. The van der Waals surface area contributed by atoms with Gasteiger partial charge in [-0.2, -0.15) is 0 Å². The van der Waals surface area contributed by atoms with Crippen LogP contribution in [0.2, 0.25) is 0 Å². The zero-order chi connectivity index (χ0) is 14.7. The molecular weight excluding hydrogens is 408 g/mol. The van der Waals surface area contributed by atoms with Crippen LogP contribution in [0.3, 0.4) is 0 Å². The molecule has 0 saturated carbocycles. The number of carboxylic acid groups (broad SMARTS) is 1. The number of nitrogens with zero attached hydrogens (tertiary/aromatic N) is 2. The molecular formula is C13H12Br2N2O2S. The summed E-state index contributed by atoms with van der Waals surface area (Å²) in [6, 6.07) is 5.83. The molecule has 2 rings (SSSR count). The molecule has 0 fully saturated rings. The molecule has 0 saturated heterocycles. The van der Waals surface area contributed by atoms with Crippen molar-refractivity contribution in [1.29, 1.82) is 0 Å². The second-order valence-corrected chi connectivity index (χ2v) is 6.62. The van der Waals surface area contributed by atoms with Gasteiger partial charge in [-0.15, -0.1) is 0 Å². The van der Waals surface area contributed by atoms with E-state index >= 15 is 0 Å². The maximum atomic E-state index is 10.8. The molecule has 7 heteroatoms. The lowest BCUT2D eigenvalue weighted by Gasteiger charge is -2.14. The average Bonchev–Trinajstić information content (AvgIpc) is 2.79. The van der Waals surface area contributed by atoms with Crippen molar-refractivity contribution in [3.05, 3.63) is 39.0 Å². The van der Waals surface area contributed by atoms with E-state index in [4.69, 9.17) is 5.11 Å². The second kappa shape index (κ2) is 6.78. The second-order valence-electron chi connectivity index (χ2n) is 3.97. The zero-order valence-electron chi connectivity index (χ0n) is 10.6. The highest BCUT2D eigenvalue weighted by atomic mass is 79.9. The van der Waals surface area contributed by atoms with Crippen molar-refractivity contribution in [1.82, 2.24) is 9.55 Å². The standard InChI is InChI=1S/C13H12Br2N2O2S/c1-2-8-6-16-13(20-7-11(18)19)17(8)12-9(14)4-3-5-10(12)15/h3-6H,2,7H2,1H3,(H,18,19). The van der Waals surface area contributed by atoms with E-state index in [0.29, 0.717) is 5.16 Å². The van der Waals surface area contributed by atoms with Gasteiger partial charge in [0.05, 0.1) is 11.4 Å². The summed E-state index contributed by atoms with van der Waals surface area (Å²) in [7, 11) is 0. The van der Waals surface area contributed by atoms with Gasteiger partial charge in [0, 0.05) is 20.8 Å². The molecule has 0 spiro atoms. The summed E-state index contributed by atoms with van der Waals surface area (Å²) >= 11 is 8.30. The summed E-state index contributed by atoms with van der Waals surface area (Å²) in [5.41, 5.74) is 1.97. The Morgan fingerprint density at radius 2 is 2.05 bits per heavy atom. The summed E-state index contributed by atoms with van der Waals surface area (Å²) < 4.78 is 3.84. The quantitative estimate of drug-likeness (QED) is 0.740. The van der Waals surface area contributed by atoms with E-state index in [1.165, 1.54) is 11.8 Å². The first kappa shape index (κ1) is 15.6. The molecule has 1 aromatic carbocycles. The van der Waals surface area contributed by atoms with Gasteiger partial charge in [-0.25, -0.2) is 4.98 Å². The topological polar surface area (TPSA) is 55.1 Å². The van der Waals surface area contributed by atoms with Crippen molar-refractivity contribution in [3.63, 3.8) is 0 Å². The predicted molar refractivity (Wildman–Crippen MR) is 86.7 cm³/mol. The minimum atomic E-state index is -0.853. The molecule has 106 valence electrons. The Balaban J connectivity index is 2.53. The third kappa shape index (κ3) is 3.27. The van der Waals surface area contributed by atoms with Crippen LogP contribution in [0.15, 0.2) is 38.5 Å². The third-order valence-corrected chi connectivity index (χ3v) is 4.87. The number of para-hydroxylation sites is 1. The fourth-order valence-electron chi connectivity index (χ4n) is 1.79. The van der Waals surface area contributed by atoms with Gasteiger partial charge in [-0.1, -0.05) is 24.8 Å². The number of aliphatic carboxylic acids is 1. The molecule has 0 radical (unpaired) electrons. The van der Waals surface area contributed by atoms with E-state index < -0.39 is 5.97 Å². The van der Waals surface area contributed by atoms with Gasteiger partial charge in [0.2, 0.25) is 0 Å². The monoisotopic (exact) mass is 418 g/mol. The van der Waals surface area contributed by atoms with Crippen LogP contribution < -0.4 is 0 Å². The van der Waals surface area contributed by atoms with Crippen molar-refractivity contribution in [2.75, 3.05) is 5.75 Å². The summed E-state index contributed by atoms with van der Waals surface area (Å²) in [4.78, 5) is 15.1. The number of rotatable bonds is 5. The molecule has 0 atom stereocenters. The van der Waals surface area contributed by atoms with Crippen LogP contribution in [-0.2, 0) is 11.2 Å². The highest BCUT2D eigenvalue weighted by molar-refractivity contribution is 9.11. The Bertz CT molecular complexity index is 623. The van der Waals surface area contributed by atoms with Gasteiger partial charge in [0.1, 0.15) is 0 Å². The van der Waals surface area contributed by atoms with E-state index in [0.717, 1.165) is 26.7 Å². The van der Waals surface area contributed by atoms with E-state index in [9.17, 15) is 4.79 Å². The summed E-state index contributed by atoms with van der Waals surface area (Å²) in [5, 5.41) is 9.51. The summed E-state index contributed by atoms with van der Waals surface area (Å²) in [6.45, 7) is 2.05. The number of hydrogen-bond acceptors (Lipinski definition) is 3. The molecule has 0 aliphatic heterocycles. The number of imidazole rings is 1. The fourth-order valence-corrected chi connectivity index (χ4v) is 3.86. The van der Waals surface area contributed by atoms with Gasteiger partial charge in [0.15, 0.2) is 5.16 Å². The third-order valence-electron chi connectivity index (χ3n) is 2.65. The fraction of sp³-hybridized carbons (Fsp3) is 0.231. The van der Waals surface area contributed by atoms with E-state index in [2.05, 4.69) is 36.8 Å². The van der Waals surface area contributed by atoms with Crippen molar-refractivity contribution >= 4 is 49.6 Å². The van der Waals surface area contributed by atoms with Crippen molar-refractivity contribution in [2.45, 2.75) is 18.5 Å². The van der Waals surface area contributed by atoms with Crippen LogP contribution in [0.4, 0.5) is 0 Å². The minimum absolute atomic E-state index is 0.0117. The number of benzene rings is 1. The molecule has 0 aliphatic rings. The van der Waals surface area contributed by atoms with Crippen LogP contribution in [0.5, 0.6) is 0 Å². The van der Waals surface area contributed by atoms with Crippen LogP contribution in [0.25, 0.3) is 5.69 Å². The molecule has 20 heavy (non-hydrogen) atoms. The van der Waals surface area contributed by atoms with Crippen LogP contribution in [0, 0.1) is 0 Å². The van der Waals surface area contributed by atoms with E-state index in [-0.39, 0.29) is 5.75 Å².